The summed E-state index contributed by atoms with van der Waals surface area (Å²) in [6.45, 7) is 6.57. The van der Waals surface area contributed by atoms with Crippen LogP contribution in [-0.2, 0) is 4.79 Å². The Bertz CT molecular complexity index is 306. The number of urea groups is 1. The van der Waals surface area contributed by atoms with Crippen molar-refractivity contribution in [2.45, 2.75) is 39.7 Å². The third-order valence-corrected chi connectivity index (χ3v) is 3.68. The highest BCUT2D eigenvalue weighted by atomic mass is 16.2. The maximum atomic E-state index is 11.6. The Balaban J connectivity index is 2.12. The fraction of sp³-hybridized carbons (Fsp3) is 0.818. The van der Waals surface area contributed by atoms with E-state index >= 15 is 0 Å². The van der Waals surface area contributed by atoms with Crippen LogP contribution in [0.5, 0.6) is 0 Å². The second kappa shape index (κ2) is 3.22. The molecular weight excluding hydrogens is 192 g/mol. The molecule has 1 aliphatic heterocycles. The maximum absolute atomic E-state index is 11.6. The van der Waals surface area contributed by atoms with Crippen molar-refractivity contribution < 1.29 is 9.59 Å². The summed E-state index contributed by atoms with van der Waals surface area (Å²) in [6.07, 6.45) is 1.81. The monoisotopic (exact) mass is 210 g/mol. The van der Waals surface area contributed by atoms with Gasteiger partial charge in [0.05, 0.1) is 5.92 Å². The largest absolute Gasteiger partial charge is 0.334 e. The lowest BCUT2D eigenvalue weighted by atomic mass is 9.79. The number of carbonyl (C=O) groups excluding carboxylic acids is 2. The number of nitrogens with one attached hydrogen (secondary N) is 2. The molecule has 84 valence electrons. The summed E-state index contributed by atoms with van der Waals surface area (Å²) in [6, 6.07) is -0.286. The topological polar surface area (TPSA) is 58.2 Å². The third-order valence-electron chi connectivity index (χ3n) is 3.68. The molecule has 3 amide bonds. The molecular formula is C11H18N2O2. The molecule has 1 aliphatic carbocycles. The van der Waals surface area contributed by atoms with Gasteiger partial charge in [0, 0.05) is 6.04 Å². The lowest BCUT2D eigenvalue weighted by Gasteiger charge is -2.26. The molecule has 0 radical (unpaired) electrons. The van der Waals surface area contributed by atoms with Crippen LogP contribution in [0.1, 0.15) is 33.6 Å². The van der Waals surface area contributed by atoms with Gasteiger partial charge in [-0.05, 0) is 24.2 Å². The quantitative estimate of drug-likeness (QED) is 0.632. The predicted molar refractivity (Wildman–Crippen MR) is 56.1 cm³/mol. The second-order valence-electron chi connectivity index (χ2n) is 5.71. The van der Waals surface area contributed by atoms with Crippen LogP contribution in [0.4, 0.5) is 4.79 Å². The molecule has 2 N–H and O–H groups in total. The van der Waals surface area contributed by atoms with E-state index in [-0.39, 0.29) is 29.3 Å². The molecule has 4 heteroatoms. The van der Waals surface area contributed by atoms with Crippen LogP contribution < -0.4 is 10.6 Å². The Morgan fingerprint density at radius 2 is 1.87 bits per heavy atom. The summed E-state index contributed by atoms with van der Waals surface area (Å²) < 4.78 is 0. The summed E-state index contributed by atoms with van der Waals surface area (Å²) in [7, 11) is 0. The highest BCUT2D eigenvalue weighted by Gasteiger charge is 2.46. The van der Waals surface area contributed by atoms with Crippen molar-refractivity contribution in [2.24, 2.45) is 17.3 Å². The first-order chi connectivity index (χ1) is 6.88. The Morgan fingerprint density at radius 1 is 1.20 bits per heavy atom. The number of hydrogen-bond donors (Lipinski definition) is 2. The van der Waals surface area contributed by atoms with Gasteiger partial charge in [-0.3, -0.25) is 10.1 Å². The molecule has 3 unspecified atom stereocenters. The zero-order valence-corrected chi connectivity index (χ0v) is 9.46. The van der Waals surface area contributed by atoms with E-state index < -0.39 is 0 Å². The predicted octanol–water partition coefficient (Wildman–Crippen LogP) is 1.27. The lowest BCUT2D eigenvalue weighted by molar-refractivity contribution is -0.125. The summed E-state index contributed by atoms with van der Waals surface area (Å²) in [5, 5.41) is 5.17. The molecule has 4 nitrogen and oxygen atoms in total. The number of carbonyl (C=O) groups is 2. The number of fused-ring (bicyclic) bond motifs is 1. The van der Waals surface area contributed by atoms with Gasteiger partial charge in [0.15, 0.2) is 0 Å². The maximum Gasteiger partial charge on any atom is 0.321 e. The average Bonchev–Trinajstić information content (AvgIpc) is 2.46. The first-order valence-electron chi connectivity index (χ1n) is 5.49. The fourth-order valence-electron chi connectivity index (χ4n) is 2.60. The van der Waals surface area contributed by atoms with E-state index in [1.54, 1.807) is 0 Å². The van der Waals surface area contributed by atoms with Gasteiger partial charge < -0.3 is 5.32 Å². The van der Waals surface area contributed by atoms with Gasteiger partial charge in [-0.25, -0.2) is 4.79 Å². The van der Waals surface area contributed by atoms with Crippen LogP contribution in [0, 0.1) is 17.3 Å². The summed E-state index contributed by atoms with van der Waals surface area (Å²) >= 11 is 0. The van der Waals surface area contributed by atoms with E-state index in [1.165, 1.54) is 0 Å². The normalized spacial score (nSPS) is 35.8. The molecule has 1 heterocycles. The number of hydrogen-bond acceptors (Lipinski definition) is 2. The van der Waals surface area contributed by atoms with Crippen molar-refractivity contribution in [2.75, 3.05) is 0 Å². The smallest absolute Gasteiger partial charge is 0.321 e. The van der Waals surface area contributed by atoms with Crippen molar-refractivity contribution in [1.82, 2.24) is 10.6 Å². The van der Waals surface area contributed by atoms with E-state index in [2.05, 4.69) is 31.4 Å². The highest BCUT2D eigenvalue weighted by molar-refractivity contribution is 5.98. The van der Waals surface area contributed by atoms with Gasteiger partial charge in [-0.2, -0.15) is 0 Å². The molecule has 2 rings (SSSR count). The Kier molecular flexibility index (Phi) is 2.24. The van der Waals surface area contributed by atoms with Gasteiger partial charge in [-0.1, -0.05) is 20.8 Å². The standard InChI is InChI=1S/C11H18N2O2/c1-11(2,3)6-4-7-8(5-6)12-10(15)13-9(7)14/h6-8H,4-5H2,1-3H3,(H2,12,13,14,15). The number of amides is 3. The van der Waals surface area contributed by atoms with Gasteiger partial charge in [0.25, 0.3) is 0 Å². The molecule has 0 bridgehead atoms. The minimum atomic E-state index is -0.337. The van der Waals surface area contributed by atoms with Crippen LogP contribution in [-0.4, -0.2) is 18.0 Å². The SMILES string of the molecule is CC(C)(C)C1CC2NC(=O)NC(=O)C2C1. The van der Waals surface area contributed by atoms with E-state index in [1.807, 2.05) is 0 Å². The summed E-state index contributed by atoms with van der Waals surface area (Å²) in [4.78, 5) is 22.7. The third kappa shape index (κ3) is 1.85. The van der Waals surface area contributed by atoms with Gasteiger partial charge in [0.1, 0.15) is 0 Å². The minimum Gasteiger partial charge on any atom is -0.334 e. The highest BCUT2D eigenvalue weighted by Crippen LogP contribution is 2.42. The van der Waals surface area contributed by atoms with Gasteiger partial charge in [-0.15, -0.1) is 0 Å². The van der Waals surface area contributed by atoms with Crippen LogP contribution >= 0.6 is 0 Å². The second-order valence-corrected chi connectivity index (χ2v) is 5.71. The summed E-state index contributed by atoms with van der Waals surface area (Å²) in [5.41, 5.74) is 0.211. The molecule has 0 spiro atoms. The Labute approximate surface area is 89.8 Å². The van der Waals surface area contributed by atoms with Crippen LogP contribution in [0.3, 0.4) is 0 Å². The number of imide groups is 1. The Morgan fingerprint density at radius 3 is 2.47 bits per heavy atom. The van der Waals surface area contributed by atoms with Crippen molar-refractivity contribution in [3.05, 3.63) is 0 Å². The molecule has 3 atom stereocenters. The molecule has 0 aromatic heterocycles. The van der Waals surface area contributed by atoms with Crippen LogP contribution in [0.25, 0.3) is 0 Å². The molecule has 1 saturated heterocycles. The van der Waals surface area contributed by atoms with Gasteiger partial charge in [0.2, 0.25) is 5.91 Å². The number of rotatable bonds is 0. The minimum absolute atomic E-state index is 0.0214. The lowest BCUT2D eigenvalue weighted by Crippen LogP contribution is -2.56. The molecule has 2 fully saturated rings. The molecule has 2 aliphatic rings. The summed E-state index contributed by atoms with van der Waals surface area (Å²) in [5.74, 6) is 0.388. The van der Waals surface area contributed by atoms with E-state index in [0.717, 1.165) is 12.8 Å². The van der Waals surface area contributed by atoms with Crippen molar-refractivity contribution in [3.8, 4) is 0 Å². The first kappa shape index (κ1) is 10.5. The van der Waals surface area contributed by atoms with E-state index in [9.17, 15) is 9.59 Å². The van der Waals surface area contributed by atoms with Crippen molar-refractivity contribution in [1.29, 1.82) is 0 Å². The molecule has 0 aromatic carbocycles. The Hall–Kier alpha value is -1.06. The van der Waals surface area contributed by atoms with Crippen LogP contribution in [0.15, 0.2) is 0 Å². The van der Waals surface area contributed by atoms with Crippen LogP contribution in [0.2, 0.25) is 0 Å². The zero-order chi connectivity index (χ0) is 11.2. The average molecular weight is 210 g/mol. The fourth-order valence-corrected chi connectivity index (χ4v) is 2.60. The first-order valence-corrected chi connectivity index (χ1v) is 5.49. The zero-order valence-electron chi connectivity index (χ0n) is 9.46. The molecule has 1 saturated carbocycles. The van der Waals surface area contributed by atoms with Crippen molar-refractivity contribution in [3.63, 3.8) is 0 Å². The van der Waals surface area contributed by atoms with E-state index in [0.29, 0.717) is 5.92 Å². The van der Waals surface area contributed by atoms with E-state index in [4.69, 9.17) is 0 Å². The van der Waals surface area contributed by atoms with Gasteiger partial charge >= 0.3 is 6.03 Å². The molecule has 15 heavy (non-hydrogen) atoms. The van der Waals surface area contributed by atoms with Crippen molar-refractivity contribution >= 4 is 11.9 Å². The molecule has 0 aromatic rings.